The van der Waals surface area contributed by atoms with Crippen molar-refractivity contribution in [3.8, 4) is 11.3 Å². The summed E-state index contributed by atoms with van der Waals surface area (Å²) in [5.74, 6) is 2.57. The molecule has 0 N–H and O–H groups in total. The third-order valence-corrected chi connectivity index (χ3v) is 6.24. The van der Waals surface area contributed by atoms with E-state index in [1.807, 2.05) is 30.2 Å². The molecular formula is C21H31N5. The highest BCUT2D eigenvalue weighted by atomic mass is 15.3. The molecule has 0 unspecified atom stereocenters. The van der Waals surface area contributed by atoms with Gasteiger partial charge in [-0.15, -0.1) is 0 Å². The molecule has 2 saturated carbocycles. The molecule has 2 aliphatic carbocycles. The van der Waals surface area contributed by atoms with Gasteiger partial charge in [0, 0.05) is 37.0 Å². The third-order valence-electron chi connectivity index (χ3n) is 6.24. The van der Waals surface area contributed by atoms with Gasteiger partial charge in [0.2, 0.25) is 0 Å². The molecule has 0 spiro atoms. The average molecular weight is 354 g/mol. The minimum absolute atomic E-state index is 0.723. The molecule has 0 saturated heterocycles. The van der Waals surface area contributed by atoms with Gasteiger partial charge in [-0.05, 0) is 76.9 Å². The molecule has 140 valence electrons. The molecule has 2 aromatic heterocycles. The van der Waals surface area contributed by atoms with Gasteiger partial charge in [-0.25, -0.2) is 9.97 Å². The lowest BCUT2D eigenvalue weighted by Crippen LogP contribution is -2.32. The molecule has 26 heavy (non-hydrogen) atoms. The summed E-state index contributed by atoms with van der Waals surface area (Å²) in [6, 6.07) is 2.79. The Hall–Kier alpha value is -1.75. The summed E-state index contributed by atoms with van der Waals surface area (Å²) in [5.41, 5.74) is 3.56. The van der Waals surface area contributed by atoms with E-state index in [0.29, 0.717) is 0 Å². The van der Waals surface area contributed by atoms with E-state index in [1.54, 1.807) is 0 Å². The Labute approximate surface area is 156 Å². The third kappa shape index (κ3) is 3.98. The van der Waals surface area contributed by atoms with Crippen molar-refractivity contribution in [1.82, 2.24) is 24.6 Å². The Morgan fingerprint density at radius 2 is 1.73 bits per heavy atom. The number of rotatable bonds is 6. The normalized spacial score (nSPS) is 23.5. The molecular weight excluding hydrogens is 322 g/mol. The first kappa shape index (κ1) is 17.7. The predicted octanol–water partition coefficient (Wildman–Crippen LogP) is 3.49. The fraction of sp³-hybridized carbons (Fsp3) is 0.667. The molecule has 2 aliphatic rings. The van der Waals surface area contributed by atoms with Crippen molar-refractivity contribution in [2.75, 3.05) is 14.1 Å². The number of aromatic nitrogens is 4. The van der Waals surface area contributed by atoms with Crippen LogP contribution in [0.1, 0.15) is 50.0 Å². The molecule has 5 heteroatoms. The summed E-state index contributed by atoms with van der Waals surface area (Å²) in [7, 11) is 6.45. The lowest BCUT2D eigenvalue weighted by atomic mass is 9.83. The monoisotopic (exact) mass is 353 g/mol. The highest BCUT2D eigenvalue weighted by Gasteiger charge is 2.26. The Morgan fingerprint density at radius 1 is 1.04 bits per heavy atom. The summed E-state index contributed by atoms with van der Waals surface area (Å²) < 4.78 is 2.03. The summed E-state index contributed by atoms with van der Waals surface area (Å²) in [5, 5.41) is 4.50. The first-order chi connectivity index (χ1) is 12.6. The molecule has 0 atom stereocenters. The van der Waals surface area contributed by atoms with E-state index < -0.39 is 0 Å². The maximum atomic E-state index is 4.92. The number of aryl methyl sites for hydroxylation is 1. The standard InChI is InChI=1S/C21H31N5/c1-25(2)17-8-6-16(7-9-17)13-21-22-11-10-19(24-21)18-14-23-26(3)20(18)12-15-4-5-15/h10-11,14-17H,4-9,12-13H2,1-3H3. The van der Waals surface area contributed by atoms with Crippen molar-refractivity contribution in [2.24, 2.45) is 18.9 Å². The molecule has 2 heterocycles. The molecule has 5 nitrogen and oxygen atoms in total. The zero-order chi connectivity index (χ0) is 18.1. The molecule has 0 radical (unpaired) electrons. The van der Waals surface area contributed by atoms with E-state index in [4.69, 9.17) is 4.98 Å². The SMILES string of the molecule is CN(C)C1CCC(Cc2nccc(-c3cnn(C)c3CC3CC3)n2)CC1. The fourth-order valence-electron chi connectivity index (χ4n) is 4.29. The van der Waals surface area contributed by atoms with Crippen molar-refractivity contribution < 1.29 is 0 Å². The van der Waals surface area contributed by atoms with Gasteiger partial charge in [0.15, 0.2) is 0 Å². The minimum atomic E-state index is 0.723. The van der Waals surface area contributed by atoms with Gasteiger partial charge in [-0.1, -0.05) is 0 Å². The van der Waals surface area contributed by atoms with Crippen LogP contribution in [0.15, 0.2) is 18.5 Å². The summed E-state index contributed by atoms with van der Waals surface area (Å²) in [6.45, 7) is 0. The molecule has 4 rings (SSSR count). The quantitative estimate of drug-likeness (QED) is 0.797. The lowest BCUT2D eigenvalue weighted by molar-refractivity contribution is 0.192. The van der Waals surface area contributed by atoms with Crippen molar-refractivity contribution in [3.05, 3.63) is 30.0 Å². The molecule has 2 fully saturated rings. The first-order valence-corrected chi connectivity index (χ1v) is 10.1. The second-order valence-corrected chi connectivity index (χ2v) is 8.48. The van der Waals surface area contributed by atoms with Crippen LogP contribution < -0.4 is 0 Å². The average Bonchev–Trinajstić information content (AvgIpc) is 3.38. The molecule has 0 amide bonds. The summed E-state index contributed by atoms with van der Waals surface area (Å²) in [4.78, 5) is 11.9. The topological polar surface area (TPSA) is 46.8 Å². The molecule has 0 bridgehead atoms. The predicted molar refractivity (Wildman–Crippen MR) is 104 cm³/mol. The van der Waals surface area contributed by atoms with E-state index in [2.05, 4.69) is 29.1 Å². The second-order valence-electron chi connectivity index (χ2n) is 8.48. The largest absolute Gasteiger partial charge is 0.306 e. The summed E-state index contributed by atoms with van der Waals surface area (Å²) in [6.07, 6.45) is 13.9. The van der Waals surface area contributed by atoms with Crippen LogP contribution >= 0.6 is 0 Å². The smallest absolute Gasteiger partial charge is 0.129 e. The Kier molecular flexibility index (Phi) is 5.07. The molecule has 2 aromatic rings. The van der Waals surface area contributed by atoms with E-state index in [-0.39, 0.29) is 0 Å². The maximum absolute atomic E-state index is 4.92. The van der Waals surface area contributed by atoms with Crippen LogP contribution in [0.3, 0.4) is 0 Å². The minimum Gasteiger partial charge on any atom is -0.306 e. The summed E-state index contributed by atoms with van der Waals surface area (Å²) >= 11 is 0. The van der Waals surface area contributed by atoms with Gasteiger partial charge < -0.3 is 4.90 Å². The van der Waals surface area contributed by atoms with Crippen LogP contribution in [0.5, 0.6) is 0 Å². The van der Waals surface area contributed by atoms with Gasteiger partial charge in [-0.2, -0.15) is 5.10 Å². The first-order valence-electron chi connectivity index (χ1n) is 10.1. The zero-order valence-corrected chi connectivity index (χ0v) is 16.4. The van der Waals surface area contributed by atoms with Crippen LogP contribution in [-0.4, -0.2) is 44.8 Å². The van der Waals surface area contributed by atoms with Gasteiger partial charge >= 0.3 is 0 Å². The maximum Gasteiger partial charge on any atom is 0.129 e. The Balaban J connectivity index is 1.46. The van der Waals surface area contributed by atoms with Gasteiger partial charge in [-0.3, -0.25) is 4.68 Å². The van der Waals surface area contributed by atoms with Gasteiger partial charge in [0.25, 0.3) is 0 Å². The highest BCUT2D eigenvalue weighted by molar-refractivity contribution is 5.61. The van der Waals surface area contributed by atoms with E-state index in [9.17, 15) is 0 Å². The molecule has 0 aliphatic heterocycles. The Bertz CT molecular complexity index is 739. The van der Waals surface area contributed by atoms with E-state index in [1.165, 1.54) is 49.8 Å². The van der Waals surface area contributed by atoms with Crippen LogP contribution in [0.25, 0.3) is 11.3 Å². The Morgan fingerprint density at radius 3 is 2.42 bits per heavy atom. The van der Waals surface area contributed by atoms with E-state index >= 15 is 0 Å². The van der Waals surface area contributed by atoms with Crippen LogP contribution in [0, 0.1) is 11.8 Å². The van der Waals surface area contributed by atoms with Gasteiger partial charge in [0.1, 0.15) is 5.82 Å². The zero-order valence-electron chi connectivity index (χ0n) is 16.4. The molecule has 0 aromatic carbocycles. The van der Waals surface area contributed by atoms with Crippen LogP contribution in [-0.2, 0) is 19.9 Å². The highest BCUT2D eigenvalue weighted by Crippen LogP contribution is 2.35. The number of hydrogen-bond acceptors (Lipinski definition) is 4. The van der Waals surface area contributed by atoms with Crippen molar-refractivity contribution in [3.63, 3.8) is 0 Å². The number of nitrogens with zero attached hydrogens (tertiary/aromatic N) is 5. The number of hydrogen-bond donors (Lipinski definition) is 0. The lowest BCUT2D eigenvalue weighted by Gasteiger charge is -2.32. The van der Waals surface area contributed by atoms with Crippen molar-refractivity contribution in [1.29, 1.82) is 0 Å². The van der Waals surface area contributed by atoms with Crippen LogP contribution in [0.4, 0.5) is 0 Å². The van der Waals surface area contributed by atoms with Gasteiger partial charge in [0.05, 0.1) is 11.9 Å². The fourth-order valence-corrected chi connectivity index (χ4v) is 4.29. The van der Waals surface area contributed by atoms with Crippen molar-refractivity contribution >= 4 is 0 Å². The van der Waals surface area contributed by atoms with E-state index in [0.717, 1.165) is 42.2 Å². The van der Waals surface area contributed by atoms with Crippen molar-refractivity contribution in [2.45, 2.75) is 57.4 Å². The second kappa shape index (κ2) is 7.47. The van der Waals surface area contributed by atoms with Crippen LogP contribution in [0.2, 0.25) is 0 Å².